The van der Waals surface area contributed by atoms with Gasteiger partial charge in [-0.15, -0.1) is 0 Å². The maximum absolute atomic E-state index is 13.0. The topological polar surface area (TPSA) is 63.3 Å². The van der Waals surface area contributed by atoms with E-state index in [4.69, 9.17) is 5.73 Å². The number of benzene rings is 1. The summed E-state index contributed by atoms with van der Waals surface area (Å²) in [6, 6.07) is 5.62. The minimum atomic E-state index is -1.10. The van der Waals surface area contributed by atoms with E-state index in [1.165, 1.54) is 24.3 Å². The first-order valence-corrected chi connectivity index (χ1v) is 6.76. The molecule has 3 nitrogen and oxygen atoms in total. The summed E-state index contributed by atoms with van der Waals surface area (Å²) in [6.45, 7) is 2.13. The first-order valence-electron chi connectivity index (χ1n) is 6.76. The highest BCUT2D eigenvalue weighted by Crippen LogP contribution is 2.30. The highest BCUT2D eigenvalue weighted by Gasteiger charge is 2.38. The molecule has 0 fully saturated rings. The molecule has 0 aliphatic heterocycles. The van der Waals surface area contributed by atoms with Crippen molar-refractivity contribution in [3.05, 3.63) is 35.6 Å². The van der Waals surface area contributed by atoms with Crippen molar-refractivity contribution in [2.75, 3.05) is 6.54 Å². The standard InChI is InChI=1S/C15H22FNO2/c1-2-3-4-5-10-15(11-17,14(18)19)12-6-8-13(16)9-7-12/h6-9H,2-5,10-11,17H2,1H3,(H,18,19). The minimum absolute atomic E-state index is 0.0279. The lowest BCUT2D eigenvalue weighted by atomic mass is 9.76. The average Bonchev–Trinajstić information content (AvgIpc) is 2.40. The van der Waals surface area contributed by atoms with E-state index in [0.29, 0.717) is 12.0 Å². The normalized spacial score (nSPS) is 14.1. The van der Waals surface area contributed by atoms with Gasteiger partial charge in [-0.3, -0.25) is 4.79 Å². The fourth-order valence-corrected chi connectivity index (χ4v) is 2.30. The van der Waals surface area contributed by atoms with Crippen molar-refractivity contribution in [2.24, 2.45) is 5.73 Å². The second-order valence-electron chi connectivity index (χ2n) is 4.91. The summed E-state index contributed by atoms with van der Waals surface area (Å²) in [7, 11) is 0. The first-order chi connectivity index (χ1) is 9.06. The number of carboxylic acids is 1. The lowest BCUT2D eigenvalue weighted by molar-refractivity contribution is -0.143. The Balaban J connectivity index is 2.91. The van der Waals surface area contributed by atoms with Crippen LogP contribution in [0.15, 0.2) is 24.3 Å². The maximum Gasteiger partial charge on any atom is 0.315 e. The van der Waals surface area contributed by atoms with Gasteiger partial charge in [0.15, 0.2) is 0 Å². The number of carboxylic acid groups (broad SMARTS) is 1. The van der Waals surface area contributed by atoms with Crippen LogP contribution in [-0.4, -0.2) is 17.6 Å². The van der Waals surface area contributed by atoms with Gasteiger partial charge in [0.05, 0.1) is 0 Å². The first kappa shape index (κ1) is 15.6. The molecule has 1 unspecified atom stereocenters. The molecule has 1 aromatic carbocycles. The molecule has 3 N–H and O–H groups in total. The molecule has 0 aliphatic carbocycles. The van der Waals surface area contributed by atoms with Crippen LogP contribution in [0.5, 0.6) is 0 Å². The zero-order valence-electron chi connectivity index (χ0n) is 11.4. The molecule has 106 valence electrons. The van der Waals surface area contributed by atoms with Crippen LogP contribution in [0.25, 0.3) is 0 Å². The van der Waals surface area contributed by atoms with Gasteiger partial charge in [-0.05, 0) is 24.1 Å². The van der Waals surface area contributed by atoms with Crippen molar-refractivity contribution in [3.63, 3.8) is 0 Å². The van der Waals surface area contributed by atoms with E-state index < -0.39 is 11.4 Å². The number of aliphatic carboxylic acids is 1. The Labute approximate surface area is 113 Å². The third kappa shape index (κ3) is 3.77. The molecule has 0 radical (unpaired) electrons. The molecule has 0 bridgehead atoms. The lowest BCUT2D eigenvalue weighted by Gasteiger charge is -2.28. The predicted molar refractivity (Wildman–Crippen MR) is 73.5 cm³/mol. The zero-order valence-corrected chi connectivity index (χ0v) is 11.4. The van der Waals surface area contributed by atoms with Crippen molar-refractivity contribution in [3.8, 4) is 0 Å². The maximum atomic E-state index is 13.0. The average molecular weight is 267 g/mol. The summed E-state index contributed by atoms with van der Waals surface area (Å²) in [6.07, 6.45) is 4.48. The molecule has 0 aromatic heterocycles. The molecule has 19 heavy (non-hydrogen) atoms. The molecule has 0 amide bonds. The molecule has 1 rings (SSSR count). The summed E-state index contributed by atoms with van der Waals surface area (Å²) >= 11 is 0. The Kier molecular flexibility index (Phi) is 5.96. The van der Waals surface area contributed by atoms with Gasteiger partial charge in [0.25, 0.3) is 0 Å². The SMILES string of the molecule is CCCCCCC(CN)(C(=O)O)c1ccc(F)cc1. The summed E-state index contributed by atoms with van der Waals surface area (Å²) in [5.74, 6) is -1.30. The third-order valence-electron chi connectivity index (χ3n) is 3.61. The predicted octanol–water partition coefficient (Wildman–Crippen LogP) is 3.08. The molecule has 0 heterocycles. The van der Waals surface area contributed by atoms with Crippen LogP contribution >= 0.6 is 0 Å². The molecule has 1 aromatic rings. The van der Waals surface area contributed by atoms with Gasteiger partial charge in [0, 0.05) is 6.54 Å². The fourth-order valence-electron chi connectivity index (χ4n) is 2.30. The van der Waals surface area contributed by atoms with Gasteiger partial charge in [-0.25, -0.2) is 4.39 Å². The van der Waals surface area contributed by atoms with E-state index in [9.17, 15) is 14.3 Å². The molecule has 0 spiro atoms. The number of unbranched alkanes of at least 4 members (excludes halogenated alkanes) is 3. The van der Waals surface area contributed by atoms with Gasteiger partial charge in [-0.2, -0.15) is 0 Å². The molecule has 0 saturated heterocycles. The number of rotatable bonds is 8. The number of nitrogens with two attached hydrogens (primary N) is 1. The molecule has 1 atom stereocenters. The van der Waals surface area contributed by atoms with E-state index in [1.54, 1.807) is 0 Å². The van der Waals surface area contributed by atoms with Crippen LogP contribution < -0.4 is 5.73 Å². The van der Waals surface area contributed by atoms with Crippen molar-refractivity contribution in [1.29, 1.82) is 0 Å². The third-order valence-corrected chi connectivity index (χ3v) is 3.61. The fraction of sp³-hybridized carbons (Fsp3) is 0.533. The van der Waals surface area contributed by atoms with Gasteiger partial charge in [-0.1, -0.05) is 44.7 Å². The Bertz CT molecular complexity index is 405. The highest BCUT2D eigenvalue weighted by atomic mass is 19.1. The van der Waals surface area contributed by atoms with Gasteiger partial charge < -0.3 is 10.8 Å². The van der Waals surface area contributed by atoms with E-state index >= 15 is 0 Å². The Morgan fingerprint density at radius 3 is 2.37 bits per heavy atom. The minimum Gasteiger partial charge on any atom is -0.481 e. The Morgan fingerprint density at radius 1 is 1.26 bits per heavy atom. The number of halogens is 1. The number of hydrogen-bond donors (Lipinski definition) is 2. The van der Waals surface area contributed by atoms with Crippen LogP contribution in [-0.2, 0) is 10.2 Å². The van der Waals surface area contributed by atoms with E-state index in [-0.39, 0.29) is 12.4 Å². The largest absolute Gasteiger partial charge is 0.481 e. The van der Waals surface area contributed by atoms with Crippen LogP contribution in [0.3, 0.4) is 0 Å². The van der Waals surface area contributed by atoms with Gasteiger partial charge in [0.1, 0.15) is 11.2 Å². The summed E-state index contributed by atoms with van der Waals surface area (Å²) in [5, 5.41) is 9.53. The molecular formula is C15H22FNO2. The summed E-state index contributed by atoms with van der Waals surface area (Å²) in [5.41, 5.74) is 5.21. The van der Waals surface area contributed by atoms with Crippen molar-refractivity contribution in [2.45, 2.75) is 44.4 Å². The second-order valence-corrected chi connectivity index (χ2v) is 4.91. The number of carbonyl (C=O) groups is 1. The highest BCUT2D eigenvalue weighted by molar-refractivity contribution is 5.81. The van der Waals surface area contributed by atoms with E-state index in [1.807, 2.05) is 0 Å². The van der Waals surface area contributed by atoms with Crippen LogP contribution in [0.1, 0.15) is 44.6 Å². The van der Waals surface area contributed by atoms with Crippen LogP contribution in [0, 0.1) is 5.82 Å². The van der Waals surface area contributed by atoms with Gasteiger partial charge in [0.2, 0.25) is 0 Å². The molecule has 0 saturated carbocycles. The zero-order chi connectivity index (χ0) is 14.3. The molecule has 4 heteroatoms. The van der Waals surface area contributed by atoms with Crippen molar-refractivity contribution < 1.29 is 14.3 Å². The van der Waals surface area contributed by atoms with Crippen LogP contribution in [0.2, 0.25) is 0 Å². The smallest absolute Gasteiger partial charge is 0.315 e. The van der Waals surface area contributed by atoms with Crippen molar-refractivity contribution in [1.82, 2.24) is 0 Å². The second kappa shape index (κ2) is 7.24. The van der Waals surface area contributed by atoms with E-state index in [2.05, 4.69) is 6.92 Å². The monoisotopic (exact) mass is 267 g/mol. The molecule has 0 aliphatic rings. The van der Waals surface area contributed by atoms with Crippen molar-refractivity contribution >= 4 is 5.97 Å². The number of hydrogen-bond acceptors (Lipinski definition) is 2. The Morgan fingerprint density at radius 2 is 1.89 bits per heavy atom. The summed E-state index contributed by atoms with van der Waals surface area (Å²) in [4.78, 5) is 11.6. The van der Waals surface area contributed by atoms with E-state index in [0.717, 1.165) is 25.7 Å². The van der Waals surface area contributed by atoms with Gasteiger partial charge >= 0.3 is 5.97 Å². The van der Waals surface area contributed by atoms with Crippen LogP contribution in [0.4, 0.5) is 4.39 Å². The quantitative estimate of drug-likeness (QED) is 0.711. The Hall–Kier alpha value is -1.42. The molecular weight excluding hydrogens is 245 g/mol. The lowest BCUT2D eigenvalue weighted by Crippen LogP contribution is -2.43. The summed E-state index contributed by atoms with van der Waals surface area (Å²) < 4.78 is 13.0.